The zero-order valence-electron chi connectivity index (χ0n) is 8.03. The summed E-state index contributed by atoms with van der Waals surface area (Å²) in [5.41, 5.74) is -0.947. The number of hydrogen-bond acceptors (Lipinski definition) is 1. The number of hydrogen-bond donors (Lipinski definition) is 0. The monoisotopic (exact) mass is 177 g/mol. The van der Waals surface area contributed by atoms with Gasteiger partial charge in [0.1, 0.15) is 0 Å². The van der Waals surface area contributed by atoms with Crippen LogP contribution < -0.4 is 0 Å². The van der Waals surface area contributed by atoms with Crippen molar-refractivity contribution in [3.05, 3.63) is 0 Å². The highest BCUT2D eigenvalue weighted by Crippen LogP contribution is 2.40. The molecular weight excluding hydrogens is 160 g/mol. The van der Waals surface area contributed by atoms with Crippen molar-refractivity contribution in [2.75, 3.05) is 13.1 Å². The van der Waals surface area contributed by atoms with Gasteiger partial charge in [0.2, 0.25) is 0 Å². The lowest BCUT2D eigenvalue weighted by Gasteiger charge is -2.37. The van der Waals surface area contributed by atoms with Crippen LogP contribution in [0, 0.1) is 5.41 Å². The maximum atomic E-state index is 13.6. The van der Waals surface area contributed by atoms with Crippen LogP contribution in [0.4, 0.5) is 8.78 Å². The quantitative estimate of drug-likeness (QED) is 0.557. The van der Waals surface area contributed by atoms with E-state index in [4.69, 9.17) is 0 Å². The van der Waals surface area contributed by atoms with Gasteiger partial charge in [-0.2, -0.15) is 8.78 Å². The van der Waals surface area contributed by atoms with Gasteiger partial charge in [0.15, 0.2) is 0 Å². The van der Waals surface area contributed by atoms with E-state index in [1.807, 2.05) is 0 Å². The second-order valence-corrected chi connectivity index (χ2v) is 4.49. The molecule has 0 aromatic heterocycles. The molecule has 1 aliphatic rings. The maximum absolute atomic E-state index is 13.6. The summed E-state index contributed by atoms with van der Waals surface area (Å²) >= 11 is 0. The molecule has 3 heteroatoms. The third-order valence-corrected chi connectivity index (χ3v) is 2.41. The van der Waals surface area contributed by atoms with Gasteiger partial charge in [-0.3, -0.25) is 0 Å². The Hall–Kier alpha value is -0.180. The molecule has 0 aliphatic carbocycles. The Kier molecular flexibility index (Phi) is 2.43. The van der Waals surface area contributed by atoms with Gasteiger partial charge in [-0.1, -0.05) is 20.8 Å². The highest BCUT2D eigenvalue weighted by molar-refractivity contribution is 4.84. The third kappa shape index (κ3) is 1.60. The fourth-order valence-electron chi connectivity index (χ4n) is 1.47. The van der Waals surface area contributed by atoms with E-state index in [0.717, 1.165) is 12.8 Å². The number of alkyl halides is 2. The van der Waals surface area contributed by atoms with Crippen molar-refractivity contribution in [1.29, 1.82) is 0 Å². The van der Waals surface area contributed by atoms with Crippen molar-refractivity contribution >= 4 is 0 Å². The van der Waals surface area contributed by atoms with E-state index in [9.17, 15) is 8.78 Å². The van der Waals surface area contributed by atoms with Gasteiger partial charge >= 0.3 is 6.05 Å². The van der Waals surface area contributed by atoms with E-state index in [1.54, 1.807) is 20.8 Å². The fraction of sp³-hybridized carbons (Fsp3) is 1.00. The van der Waals surface area contributed by atoms with E-state index in [0.29, 0.717) is 13.1 Å². The van der Waals surface area contributed by atoms with E-state index >= 15 is 0 Å². The van der Waals surface area contributed by atoms with E-state index in [1.165, 1.54) is 4.90 Å². The van der Waals surface area contributed by atoms with Crippen LogP contribution >= 0.6 is 0 Å². The molecule has 1 nitrogen and oxygen atoms in total. The molecule has 1 rings (SSSR count). The lowest BCUT2D eigenvalue weighted by atomic mass is 9.92. The first-order valence-corrected chi connectivity index (χ1v) is 4.48. The van der Waals surface area contributed by atoms with Gasteiger partial charge in [0, 0.05) is 18.5 Å². The normalized spacial score (nSPS) is 21.8. The molecule has 0 atom stereocenters. The Morgan fingerprint density at radius 3 is 1.75 bits per heavy atom. The minimum absolute atomic E-state index is 0.546. The second kappa shape index (κ2) is 2.95. The lowest BCUT2D eigenvalue weighted by Crippen LogP contribution is -2.49. The third-order valence-electron chi connectivity index (χ3n) is 2.41. The molecule has 1 saturated heterocycles. The van der Waals surface area contributed by atoms with Crippen molar-refractivity contribution in [3.8, 4) is 0 Å². The molecule has 0 spiro atoms. The van der Waals surface area contributed by atoms with Crippen LogP contribution in [0.25, 0.3) is 0 Å². The van der Waals surface area contributed by atoms with Crippen LogP contribution in [0.5, 0.6) is 0 Å². The smallest absolute Gasteiger partial charge is 0.244 e. The van der Waals surface area contributed by atoms with Gasteiger partial charge in [-0.25, -0.2) is 4.90 Å². The van der Waals surface area contributed by atoms with Crippen LogP contribution in [0.1, 0.15) is 33.6 Å². The molecule has 0 aromatic carbocycles. The maximum Gasteiger partial charge on any atom is 0.309 e. The average Bonchev–Trinajstić information content (AvgIpc) is 2.34. The Morgan fingerprint density at radius 2 is 1.42 bits per heavy atom. The molecule has 0 N–H and O–H groups in total. The zero-order chi connectivity index (χ0) is 9.41. The summed E-state index contributed by atoms with van der Waals surface area (Å²) < 4.78 is 27.1. The standard InChI is InChI=1S/C9H17F2N/c1-8(2,3)9(10,11)12-6-4-5-7-12/h4-7H2,1-3H3. The Balaban J connectivity index is 2.69. The molecule has 72 valence electrons. The number of halogens is 2. The first-order valence-electron chi connectivity index (χ1n) is 4.48. The van der Waals surface area contributed by atoms with Crippen molar-refractivity contribution in [1.82, 2.24) is 4.90 Å². The summed E-state index contributed by atoms with van der Waals surface area (Å²) in [7, 11) is 0. The lowest BCUT2D eigenvalue weighted by molar-refractivity contribution is -0.206. The van der Waals surface area contributed by atoms with E-state index < -0.39 is 11.5 Å². The second-order valence-electron chi connectivity index (χ2n) is 4.49. The molecular formula is C9H17F2N. The van der Waals surface area contributed by atoms with Crippen molar-refractivity contribution in [2.45, 2.75) is 39.7 Å². The fourth-order valence-corrected chi connectivity index (χ4v) is 1.47. The Labute approximate surface area is 72.7 Å². The summed E-state index contributed by atoms with van der Waals surface area (Å²) in [4.78, 5) is 1.30. The molecule has 0 radical (unpaired) electrons. The molecule has 1 aliphatic heterocycles. The van der Waals surface area contributed by atoms with Gasteiger partial charge in [-0.15, -0.1) is 0 Å². The highest BCUT2D eigenvalue weighted by Gasteiger charge is 2.48. The van der Waals surface area contributed by atoms with Crippen LogP contribution in [0.3, 0.4) is 0 Å². The molecule has 1 fully saturated rings. The largest absolute Gasteiger partial charge is 0.309 e. The Bertz CT molecular complexity index is 154. The topological polar surface area (TPSA) is 3.24 Å². The predicted molar refractivity (Wildman–Crippen MR) is 45.2 cm³/mol. The summed E-state index contributed by atoms with van der Waals surface area (Å²) in [5.74, 6) is 0. The first kappa shape index (κ1) is 9.90. The van der Waals surface area contributed by atoms with Crippen LogP contribution in [-0.2, 0) is 0 Å². The molecule has 0 aromatic rings. The molecule has 0 saturated carbocycles. The van der Waals surface area contributed by atoms with E-state index in [-0.39, 0.29) is 0 Å². The summed E-state index contributed by atoms with van der Waals surface area (Å²) in [5, 5.41) is 0. The van der Waals surface area contributed by atoms with E-state index in [2.05, 4.69) is 0 Å². The molecule has 1 heterocycles. The minimum Gasteiger partial charge on any atom is -0.244 e. The van der Waals surface area contributed by atoms with Crippen molar-refractivity contribution < 1.29 is 8.78 Å². The number of likely N-dealkylation sites (tertiary alicyclic amines) is 1. The minimum atomic E-state index is -2.65. The van der Waals surface area contributed by atoms with Crippen LogP contribution in [0.15, 0.2) is 0 Å². The SMILES string of the molecule is CC(C)(C)C(F)(F)N1CCCC1. The number of rotatable bonds is 1. The zero-order valence-corrected chi connectivity index (χ0v) is 8.03. The molecule has 0 amide bonds. The molecule has 0 bridgehead atoms. The van der Waals surface area contributed by atoms with Gasteiger partial charge in [0.25, 0.3) is 0 Å². The summed E-state index contributed by atoms with van der Waals surface area (Å²) in [6, 6.07) is -2.65. The average molecular weight is 177 g/mol. The van der Waals surface area contributed by atoms with Gasteiger partial charge in [-0.05, 0) is 12.8 Å². The molecule has 12 heavy (non-hydrogen) atoms. The summed E-state index contributed by atoms with van der Waals surface area (Å²) in [6.45, 7) is 5.86. The first-order chi connectivity index (χ1) is 5.36. The van der Waals surface area contributed by atoms with Gasteiger partial charge < -0.3 is 0 Å². The van der Waals surface area contributed by atoms with Crippen molar-refractivity contribution in [2.24, 2.45) is 5.41 Å². The van der Waals surface area contributed by atoms with Gasteiger partial charge in [0.05, 0.1) is 0 Å². The van der Waals surface area contributed by atoms with Crippen molar-refractivity contribution in [3.63, 3.8) is 0 Å². The molecule has 0 unspecified atom stereocenters. The Morgan fingerprint density at radius 1 is 1.00 bits per heavy atom. The van der Waals surface area contributed by atoms with Crippen LogP contribution in [0.2, 0.25) is 0 Å². The van der Waals surface area contributed by atoms with Crippen LogP contribution in [-0.4, -0.2) is 24.0 Å². The summed E-state index contributed by atoms with van der Waals surface area (Å²) in [6.07, 6.45) is 1.82. The highest BCUT2D eigenvalue weighted by atomic mass is 19.3. The number of nitrogens with zero attached hydrogens (tertiary/aromatic N) is 1. The predicted octanol–water partition coefficient (Wildman–Crippen LogP) is 2.72.